The van der Waals surface area contributed by atoms with Crippen LogP contribution in [0, 0.1) is 5.41 Å². The van der Waals surface area contributed by atoms with Crippen LogP contribution in [0.3, 0.4) is 0 Å². The zero-order chi connectivity index (χ0) is 14.1. The molecule has 1 amide bonds. The van der Waals surface area contributed by atoms with E-state index in [1.807, 2.05) is 44.2 Å². The molecule has 19 heavy (non-hydrogen) atoms. The maximum absolute atomic E-state index is 11.9. The average molecular weight is 264 g/mol. The van der Waals surface area contributed by atoms with Gasteiger partial charge in [-0.1, -0.05) is 25.1 Å². The molecule has 0 aliphatic rings. The normalized spacial score (nSPS) is 13.6. The third-order valence-electron chi connectivity index (χ3n) is 3.40. The highest BCUT2D eigenvalue weighted by Gasteiger charge is 2.28. The van der Waals surface area contributed by atoms with E-state index in [-0.39, 0.29) is 5.91 Å². The molecule has 0 radical (unpaired) electrons. The lowest BCUT2D eigenvalue weighted by atomic mass is 9.87. The highest BCUT2D eigenvalue weighted by molar-refractivity contribution is 5.82. The van der Waals surface area contributed by atoms with E-state index in [4.69, 9.17) is 10.5 Å². The van der Waals surface area contributed by atoms with Gasteiger partial charge in [0.1, 0.15) is 5.75 Å². The van der Waals surface area contributed by atoms with E-state index in [0.717, 1.165) is 18.6 Å². The Bertz CT molecular complexity index is 375. The Kier molecular flexibility index (Phi) is 6.36. The molecule has 1 unspecified atom stereocenters. The van der Waals surface area contributed by atoms with Crippen molar-refractivity contribution in [2.45, 2.75) is 26.7 Å². The van der Waals surface area contributed by atoms with Crippen LogP contribution in [0.15, 0.2) is 30.3 Å². The Morgan fingerprint density at radius 1 is 1.37 bits per heavy atom. The zero-order valence-electron chi connectivity index (χ0n) is 11.8. The number of carbonyl (C=O) groups is 1. The molecule has 0 bridgehead atoms. The fourth-order valence-electron chi connectivity index (χ4n) is 1.59. The Labute approximate surface area is 115 Å². The summed E-state index contributed by atoms with van der Waals surface area (Å²) in [6, 6.07) is 9.66. The second-order valence-corrected chi connectivity index (χ2v) is 4.89. The zero-order valence-corrected chi connectivity index (χ0v) is 11.8. The summed E-state index contributed by atoms with van der Waals surface area (Å²) in [5.41, 5.74) is 5.18. The lowest BCUT2D eigenvalue weighted by Gasteiger charge is -2.24. The van der Waals surface area contributed by atoms with Crippen LogP contribution in [-0.4, -0.2) is 25.6 Å². The van der Waals surface area contributed by atoms with Crippen LogP contribution in [-0.2, 0) is 4.79 Å². The van der Waals surface area contributed by atoms with Gasteiger partial charge in [0.25, 0.3) is 0 Å². The van der Waals surface area contributed by atoms with Crippen molar-refractivity contribution in [1.82, 2.24) is 5.32 Å². The number of carbonyl (C=O) groups excluding carboxylic acids is 1. The van der Waals surface area contributed by atoms with Gasteiger partial charge in [-0.15, -0.1) is 0 Å². The van der Waals surface area contributed by atoms with Crippen LogP contribution in [0.5, 0.6) is 5.75 Å². The number of benzene rings is 1. The topological polar surface area (TPSA) is 64.4 Å². The van der Waals surface area contributed by atoms with Gasteiger partial charge in [0, 0.05) is 13.1 Å². The molecule has 106 valence electrons. The van der Waals surface area contributed by atoms with Crippen molar-refractivity contribution >= 4 is 5.91 Å². The number of nitrogens with two attached hydrogens (primary N) is 1. The van der Waals surface area contributed by atoms with Crippen LogP contribution in [0.4, 0.5) is 0 Å². The Balaban J connectivity index is 2.19. The monoisotopic (exact) mass is 264 g/mol. The second kappa shape index (κ2) is 7.79. The van der Waals surface area contributed by atoms with Crippen LogP contribution in [0.1, 0.15) is 26.7 Å². The van der Waals surface area contributed by atoms with Gasteiger partial charge >= 0.3 is 0 Å². The van der Waals surface area contributed by atoms with Gasteiger partial charge in [-0.2, -0.15) is 0 Å². The molecule has 0 aliphatic heterocycles. The highest BCUT2D eigenvalue weighted by Crippen LogP contribution is 2.18. The van der Waals surface area contributed by atoms with Crippen molar-refractivity contribution < 1.29 is 9.53 Å². The molecule has 0 fully saturated rings. The van der Waals surface area contributed by atoms with Gasteiger partial charge in [-0.05, 0) is 31.9 Å². The Morgan fingerprint density at radius 2 is 2.05 bits per heavy atom. The average Bonchev–Trinajstić information content (AvgIpc) is 2.47. The Hall–Kier alpha value is -1.55. The van der Waals surface area contributed by atoms with Crippen molar-refractivity contribution in [2.75, 3.05) is 19.7 Å². The summed E-state index contributed by atoms with van der Waals surface area (Å²) in [4.78, 5) is 11.9. The number of nitrogens with one attached hydrogen (secondary N) is 1. The van der Waals surface area contributed by atoms with Crippen LogP contribution in [0.25, 0.3) is 0 Å². The number of hydrogen-bond donors (Lipinski definition) is 2. The fourth-order valence-corrected chi connectivity index (χ4v) is 1.59. The SMILES string of the molecule is CCC(C)(CN)C(=O)NCCCOc1ccccc1. The molecule has 4 heteroatoms. The largest absolute Gasteiger partial charge is 0.494 e. The summed E-state index contributed by atoms with van der Waals surface area (Å²) in [7, 11) is 0. The van der Waals surface area contributed by atoms with Gasteiger partial charge in [0.05, 0.1) is 12.0 Å². The third-order valence-corrected chi connectivity index (χ3v) is 3.40. The van der Waals surface area contributed by atoms with Gasteiger partial charge in [-0.3, -0.25) is 4.79 Å². The number of para-hydroxylation sites is 1. The summed E-state index contributed by atoms with van der Waals surface area (Å²) in [5.74, 6) is 0.881. The molecule has 1 atom stereocenters. The summed E-state index contributed by atoms with van der Waals surface area (Å²) < 4.78 is 5.55. The molecule has 1 aromatic carbocycles. The highest BCUT2D eigenvalue weighted by atomic mass is 16.5. The molecular weight excluding hydrogens is 240 g/mol. The van der Waals surface area contributed by atoms with E-state index in [9.17, 15) is 4.79 Å². The minimum atomic E-state index is -0.458. The van der Waals surface area contributed by atoms with E-state index in [2.05, 4.69) is 5.32 Å². The first-order valence-electron chi connectivity index (χ1n) is 6.78. The van der Waals surface area contributed by atoms with E-state index >= 15 is 0 Å². The first kappa shape index (κ1) is 15.5. The lowest BCUT2D eigenvalue weighted by molar-refractivity contribution is -0.129. The molecule has 3 N–H and O–H groups in total. The van der Waals surface area contributed by atoms with Gasteiger partial charge < -0.3 is 15.8 Å². The molecule has 1 aromatic rings. The van der Waals surface area contributed by atoms with Crippen molar-refractivity contribution in [3.05, 3.63) is 30.3 Å². The van der Waals surface area contributed by atoms with E-state index in [0.29, 0.717) is 19.7 Å². The number of ether oxygens (including phenoxy) is 1. The van der Waals surface area contributed by atoms with Gasteiger partial charge in [0.15, 0.2) is 0 Å². The quantitative estimate of drug-likeness (QED) is 0.705. The first-order chi connectivity index (χ1) is 9.12. The van der Waals surface area contributed by atoms with Crippen molar-refractivity contribution in [2.24, 2.45) is 11.1 Å². The van der Waals surface area contributed by atoms with Crippen LogP contribution >= 0.6 is 0 Å². The minimum Gasteiger partial charge on any atom is -0.494 e. The van der Waals surface area contributed by atoms with Crippen LogP contribution in [0.2, 0.25) is 0 Å². The number of amides is 1. The summed E-state index contributed by atoms with van der Waals surface area (Å²) >= 11 is 0. The third kappa shape index (κ3) is 4.91. The van der Waals surface area contributed by atoms with Crippen molar-refractivity contribution in [3.63, 3.8) is 0 Å². The predicted molar refractivity (Wildman–Crippen MR) is 77.0 cm³/mol. The fraction of sp³-hybridized carbons (Fsp3) is 0.533. The van der Waals surface area contributed by atoms with Crippen LogP contribution < -0.4 is 15.8 Å². The molecule has 0 saturated heterocycles. The van der Waals surface area contributed by atoms with E-state index in [1.165, 1.54) is 0 Å². The Morgan fingerprint density at radius 3 is 2.63 bits per heavy atom. The lowest BCUT2D eigenvalue weighted by Crippen LogP contribution is -2.44. The maximum Gasteiger partial charge on any atom is 0.227 e. The maximum atomic E-state index is 11.9. The molecule has 0 heterocycles. The van der Waals surface area contributed by atoms with Gasteiger partial charge in [-0.25, -0.2) is 0 Å². The number of rotatable bonds is 8. The van der Waals surface area contributed by atoms with E-state index < -0.39 is 5.41 Å². The summed E-state index contributed by atoms with van der Waals surface area (Å²) in [6.07, 6.45) is 1.53. The molecule has 0 aromatic heterocycles. The molecule has 4 nitrogen and oxygen atoms in total. The standard InChI is InChI=1S/C15H24N2O2/c1-3-15(2,12-16)14(18)17-10-7-11-19-13-8-5-4-6-9-13/h4-6,8-9H,3,7,10-12,16H2,1-2H3,(H,17,18). The second-order valence-electron chi connectivity index (χ2n) is 4.89. The van der Waals surface area contributed by atoms with Crippen molar-refractivity contribution in [3.8, 4) is 5.75 Å². The molecule has 1 rings (SSSR count). The number of hydrogen-bond acceptors (Lipinski definition) is 3. The minimum absolute atomic E-state index is 0.0252. The molecule has 0 spiro atoms. The smallest absolute Gasteiger partial charge is 0.227 e. The first-order valence-corrected chi connectivity index (χ1v) is 6.78. The summed E-state index contributed by atoms with van der Waals surface area (Å²) in [6.45, 7) is 5.45. The predicted octanol–water partition coefficient (Wildman–Crippen LogP) is 1.95. The van der Waals surface area contributed by atoms with Gasteiger partial charge in [0.2, 0.25) is 5.91 Å². The van der Waals surface area contributed by atoms with E-state index in [1.54, 1.807) is 0 Å². The molecule has 0 aliphatic carbocycles. The molecular formula is C15H24N2O2. The summed E-state index contributed by atoms with van der Waals surface area (Å²) in [5, 5.41) is 2.91. The molecule has 0 saturated carbocycles. The van der Waals surface area contributed by atoms with Crippen molar-refractivity contribution in [1.29, 1.82) is 0 Å².